The third-order valence-electron chi connectivity index (χ3n) is 4.10. The minimum atomic E-state index is -3.70. The molecule has 142 valence electrons. The molecule has 2 aromatic carbocycles. The van der Waals surface area contributed by atoms with Crippen LogP contribution in [0.1, 0.15) is 19.8 Å². The standard InChI is InChI=1S/C19H21N3O3S2/c1-13(11-19(23)20-14-6-5-7-15(12-14)26-2)10-18-21-16-8-3-4-9-17(16)27(24,25)22-18/h3-9,12-13H,10-11H2,1-2H3,(H,20,23)(H,21,22)/t13-/m0/s1. The van der Waals surface area contributed by atoms with Gasteiger partial charge in [0.05, 0.1) is 5.69 Å². The van der Waals surface area contributed by atoms with Gasteiger partial charge in [0.1, 0.15) is 10.7 Å². The summed E-state index contributed by atoms with van der Waals surface area (Å²) >= 11 is 1.61. The molecule has 8 heteroatoms. The van der Waals surface area contributed by atoms with Gasteiger partial charge in [0.25, 0.3) is 10.0 Å². The van der Waals surface area contributed by atoms with E-state index >= 15 is 0 Å². The van der Waals surface area contributed by atoms with Crippen LogP contribution in [0, 0.1) is 5.92 Å². The van der Waals surface area contributed by atoms with Crippen LogP contribution in [0.15, 0.2) is 62.7 Å². The number of nitrogens with one attached hydrogen (secondary N) is 2. The number of para-hydroxylation sites is 1. The summed E-state index contributed by atoms with van der Waals surface area (Å²) in [7, 11) is -3.70. The molecule has 1 aliphatic heterocycles. The normalized spacial score (nSPS) is 15.9. The molecule has 0 spiro atoms. The fourth-order valence-corrected chi connectivity index (χ4v) is 4.50. The highest BCUT2D eigenvalue weighted by molar-refractivity contribution is 7.98. The molecule has 27 heavy (non-hydrogen) atoms. The highest BCUT2D eigenvalue weighted by Gasteiger charge is 2.25. The Labute approximate surface area is 163 Å². The SMILES string of the molecule is CSc1cccc(NC(=O)C[C@@H](C)CC2=NS(=O)(=O)c3ccccc3N2)c1. The van der Waals surface area contributed by atoms with Crippen molar-refractivity contribution in [3.63, 3.8) is 0 Å². The molecule has 1 aliphatic rings. The molecule has 0 fully saturated rings. The van der Waals surface area contributed by atoms with E-state index in [9.17, 15) is 13.2 Å². The van der Waals surface area contributed by atoms with Gasteiger partial charge in [-0.15, -0.1) is 16.2 Å². The summed E-state index contributed by atoms with van der Waals surface area (Å²) in [4.78, 5) is 13.5. The third-order valence-corrected chi connectivity index (χ3v) is 6.20. The Morgan fingerprint density at radius 2 is 2.00 bits per heavy atom. The molecule has 0 saturated heterocycles. The van der Waals surface area contributed by atoms with Crippen molar-refractivity contribution in [3.8, 4) is 0 Å². The van der Waals surface area contributed by atoms with Crippen molar-refractivity contribution in [2.24, 2.45) is 10.3 Å². The molecular formula is C19H21N3O3S2. The summed E-state index contributed by atoms with van der Waals surface area (Å²) in [6.07, 6.45) is 2.62. The Morgan fingerprint density at radius 1 is 1.22 bits per heavy atom. The molecule has 1 atom stereocenters. The van der Waals surface area contributed by atoms with Crippen molar-refractivity contribution < 1.29 is 13.2 Å². The maximum atomic E-state index is 12.3. The first-order chi connectivity index (χ1) is 12.9. The van der Waals surface area contributed by atoms with Crippen molar-refractivity contribution >= 4 is 44.9 Å². The Morgan fingerprint density at radius 3 is 2.78 bits per heavy atom. The van der Waals surface area contributed by atoms with E-state index in [0.29, 0.717) is 17.9 Å². The van der Waals surface area contributed by atoms with E-state index in [0.717, 1.165) is 10.6 Å². The molecule has 2 aromatic rings. The lowest BCUT2D eigenvalue weighted by Crippen LogP contribution is -2.25. The van der Waals surface area contributed by atoms with E-state index < -0.39 is 10.0 Å². The fourth-order valence-electron chi connectivity index (χ4n) is 2.89. The minimum absolute atomic E-state index is 0.0690. The Bertz CT molecular complexity index is 987. The van der Waals surface area contributed by atoms with Gasteiger partial charge in [0.15, 0.2) is 0 Å². The van der Waals surface area contributed by atoms with Gasteiger partial charge in [-0.05, 0) is 42.5 Å². The lowest BCUT2D eigenvalue weighted by atomic mass is 10.0. The second-order valence-corrected chi connectivity index (χ2v) is 8.88. The molecule has 0 aromatic heterocycles. The van der Waals surface area contributed by atoms with Gasteiger partial charge in [-0.2, -0.15) is 8.42 Å². The van der Waals surface area contributed by atoms with Crippen molar-refractivity contribution in [1.82, 2.24) is 0 Å². The van der Waals surface area contributed by atoms with Gasteiger partial charge in [0, 0.05) is 23.4 Å². The van der Waals surface area contributed by atoms with E-state index in [4.69, 9.17) is 0 Å². The monoisotopic (exact) mass is 403 g/mol. The van der Waals surface area contributed by atoms with Crippen molar-refractivity contribution in [2.45, 2.75) is 29.6 Å². The largest absolute Gasteiger partial charge is 0.342 e. The molecule has 6 nitrogen and oxygen atoms in total. The lowest BCUT2D eigenvalue weighted by Gasteiger charge is -2.20. The van der Waals surface area contributed by atoms with Crippen LogP contribution in [0.2, 0.25) is 0 Å². The molecule has 0 bridgehead atoms. The summed E-state index contributed by atoms with van der Waals surface area (Å²) in [5.41, 5.74) is 1.27. The van der Waals surface area contributed by atoms with Crippen molar-refractivity contribution in [3.05, 3.63) is 48.5 Å². The summed E-state index contributed by atoms with van der Waals surface area (Å²) in [5, 5.41) is 5.94. The number of nitrogens with zero attached hydrogens (tertiary/aromatic N) is 1. The Hall–Kier alpha value is -2.32. The molecule has 2 N–H and O–H groups in total. The number of anilines is 2. The maximum absolute atomic E-state index is 12.3. The summed E-state index contributed by atoms with van der Waals surface area (Å²) in [5.74, 6) is 0.180. The summed E-state index contributed by atoms with van der Waals surface area (Å²) < 4.78 is 28.4. The first kappa shape index (κ1) is 19.4. The van der Waals surface area contributed by atoms with Crippen LogP contribution in [0.5, 0.6) is 0 Å². The van der Waals surface area contributed by atoms with Crippen LogP contribution >= 0.6 is 11.8 Å². The number of hydrogen-bond donors (Lipinski definition) is 2. The second-order valence-electron chi connectivity index (χ2n) is 6.43. The van der Waals surface area contributed by atoms with E-state index in [-0.39, 0.29) is 23.1 Å². The average molecular weight is 404 g/mol. The number of carbonyl (C=O) groups is 1. The van der Waals surface area contributed by atoms with Gasteiger partial charge < -0.3 is 10.6 Å². The van der Waals surface area contributed by atoms with Crippen LogP contribution < -0.4 is 10.6 Å². The molecule has 0 radical (unpaired) electrons. The van der Waals surface area contributed by atoms with E-state index in [2.05, 4.69) is 15.0 Å². The van der Waals surface area contributed by atoms with E-state index in [1.54, 1.807) is 30.0 Å². The van der Waals surface area contributed by atoms with E-state index in [1.807, 2.05) is 37.4 Å². The number of fused-ring (bicyclic) bond motifs is 1. The van der Waals surface area contributed by atoms with Crippen LogP contribution in [-0.4, -0.2) is 26.4 Å². The van der Waals surface area contributed by atoms with Gasteiger partial charge in [-0.3, -0.25) is 4.79 Å². The topological polar surface area (TPSA) is 87.6 Å². The predicted octanol–water partition coefficient (Wildman–Crippen LogP) is 3.98. The number of carbonyl (C=O) groups excluding carboxylic acids is 1. The third kappa shape index (κ3) is 4.90. The van der Waals surface area contributed by atoms with Crippen LogP contribution in [0.3, 0.4) is 0 Å². The number of rotatable bonds is 6. The quantitative estimate of drug-likeness (QED) is 0.713. The first-order valence-corrected chi connectivity index (χ1v) is 11.2. The van der Waals surface area contributed by atoms with Gasteiger partial charge in [-0.1, -0.05) is 25.1 Å². The number of amidine groups is 1. The molecular weight excluding hydrogens is 382 g/mol. The average Bonchev–Trinajstić information content (AvgIpc) is 2.61. The Kier molecular flexibility index (Phi) is 5.86. The number of amides is 1. The van der Waals surface area contributed by atoms with Gasteiger partial charge >= 0.3 is 0 Å². The lowest BCUT2D eigenvalue weighted by molar-refractivity contribution is -0.116. The van der Waals surface area contributed by atoms with Crippen molar-refractivity contribution in [1.29, 1.82) is 0 Å². The van der Waals surface area contributed by atoms with Crippen LogP contribution in [0.4, 0.5) is 11.4 Å². The fraction of sp³-hybridized carbons (Fsp3) is 0.263. The smallest absolute Gasteiger partial charge is 0.286 e. The molecule has 0 aliphatic carbocycles. The maximum Gasteiger partial charge on any atom is 0.286 e. The predicted molar refractivity (Wildman–Crippen MR) is 110 cm³/mol. The van der Waals surface area contributed by atoms with Crippen molar-refractivity contribution in [2.75, 3.05) is 16.9 Å². The zero-order valence-corrected chi connectivity index (χ0v) is 16.7. The van der Waals surface area contributed by atoms with Crippen LogP contribution in [-0.2, 0) is 14.8 Å². The summed E-state index contributed by atoms with van der Waals surface area (Å²) in [6, 6.07) is 14.3. The molecule has 3 rings (SSSR count). The Balaban J connectivity index is 1.61. The molecule has 1 amide bonds. The number of thioether (sulfide) groups is 1. The first-order valence-electron chi connectivity index (χ1n) is 8.51. The molecule has 0 unspecified atom stereocenters. The zero-order valence-electron chi connectivity index (χ0n) is 15.1. The highest BCUT2D eigenvalue weighted by Crippen LogP contribution is 2.28. The van der Waals surface area contributed by atoms with Crippen LogP contribution in [0.25, 0.3) is 0 Å². The van der Waals surface area contributed by atoms with Gasteiger partial charge in [-0.25, -0.2) is 0 Å². The van der Waals surface area contributed by atoms with Gasteiger partial charge in [0.2, 0.25) is 5.91 Å². The number of benzene rings is 2. The molecule has 0 saturated carbocycles. The molecule has 1 heterocycles. The second kappa shape index (κ2) is 8.14. The summed E-state index contributed by atoms with van der Waals surface area (Å²) in [6.45, 7) is 1.90. The highest BCUT2D eigenvalue weighted by atomic mass is 32.2. The minimum Gasteiger partial charge on any atom is -0.342 e. The zero-order chi connectivity index (χ0) is 19.4. The van der Waals surface area contributed by atoms with E-state index in [1.165, 1.54) is 6.07 Å². The number of sulfonamides is 1. The number of hydrogen-bond acceptors (Lipinski definition) is 5.